The van der Waals surface area contributed by atoms with E-state index in [1.807, 2.05) is 0 Å². The van der Waals surface area contributed by atoms with Gasteiger partial charge in [0.15, 0.2) is 0 Å². The number of rotatable bonds is 18. The standard InChI is InChI=1S/C19H32N6O9S/c1-35-7-6-9(20)16(30)25-12(8-15(28)29)18(32)23-10(2-4-13(21)26)17(31)24-11(19(33)34)3-5-14(22)27/h9-12H,2-8,20H2,1H3,(H2,21,26)(H2,22,27)(H,23,32)(H,24,31)(H,25,30)(H,28,29)(H,33,34). The van der Waals surface area contributed by atoms with Gasteiger partial charge in [0.25, 0.3) is 0 Å². The second kappa shape index (κ2) is 16.3. The highest BCUT2D eigenvalue weighted by Crippen LogP contribution is 2.05. The molecule has 0 radical (unpaired) electrons. The van der Waals surface area contributed by atoms with E-state index in [0.29, 0.717) is 5.75 Å². The quantitative estimate of drug-likeness (QED) is 0.0882. The molecule has 0 aromatic rings. The van der Waals surface area contributed by atoms with Crippen molar-refractivity contribution in [2.45, 2.75) is 62.7 Å². The zero-order valence-electron chi connectivity index (χ0n) is 19.2. The predicted molar refractivity (Wildman–Crippen MR) is 124 cm³/mol. The lowest BCUT2D eigenvalue weighted by Gasteiger charge is -2.24. The first-order valence-electron chi connectivity index (χ1n) is 10.4. The molecule has 0 aliphatic rings. The lowest BCUT2D eigenvalue weighted by molar-refractivity contribution is -0.143. The molecular formula is C19H32N6O9S. The van der Waals surface area contributed by atoms with Crippen molar-refractivity contribution in [1.82, 2.24) is 16.0 Å². The fourth-order valence-corrected chi connectivity index (χ4v) is 3.17. The van der Waals surface area contributed by atoms with E-state index in [4.69, 9.17) is 22.3 Å². The van der Waals surface area contributed by atoms with E-state index in [0.717, 1.165) is 0 Å². The molecule has 11 N–H and O–H groups in total. The van der Waals surface area contributed by atoms with Crippen molar-refractivity contribution in [3.8, 4) is 0 Å². The molecule has 0 heterocycles. The number of primary amides is 2. The van der Waals surface area contributed by atoms with Crippen LogP contribution in [0.25, 0.3) is 0 Å². The van der Waals surface area contributed by atoms with Gasteiger partial charge in [0.1, 0.15) is 18.1 Å². The van der Waals surface area contributed by atoms with Crippen molar-refractivity contribution in [3.63, 3.8) is 0 Å². The van der Waals surface area contributed by atoms with E-state index < -0.39 is 72.1 Å². The van der Waals surface area contributed by atoms with Gasteiger partial charge in [-0.15, -0.1) is 0 Å². The highest BCUT2D eigenvalue weighted by molar-refractivity contribution is 7.98. The van der Waals surface area contributed by atoms with E-state index in [1.54, 1.807) is 6.26 Å². The normalized spacial score (nSPS) is 14.0. The lowest BCUT2D eigenvalue weighted by atomic mass is 10.1. The van der Waals surface area contributed by atoms with Gasteiger partial charge in [-0.1, -0.05) is 0 Å². The molecule has 0 aromatic heterocycles. The molecule has 15 nitrogen and oxygen atoms in total. The number of thioether (sulfide) groups is 1. The maximum absolute atomic E-state index is 12.7. The van der Waals surface area contributed by atoms with Crippen molar-refractivity contribution >= 4 is 53.2 Å². The summed E-state index contributed by atoms with van der Waals surface area (Å²) < 4.78 is 0. The minimum absolute atomic E-state index is 0.264. The number of nitrogens with two attached hydrogens (primary N) is 3. The van der Waals surface area contributed by atoms with Crippen LogP contribution in [0.1, 0.15) is 38.5 Å². The Balaban J connectivity index is 5.56. The van der Waals surface area contributed by atoms with Crippen LogP contribution in [0, 0.1) is 0 Å². The van der Waals surface area contributed by atoms with E-state index in [2.05, 4.69) is 16.0 Å². The summed E-state index contributed by atoms with van der Waals surface area (Å²) in [6.45, 7) is 0. The van der Waals surface area contributed by atoms with Crippen molar-refractivity contribution in [2.24, 2.45) is 17.2 Å². The van der Waals surface area contributed by atoms with Crippen molar-refractivity contribution in [3.05, 3.63) is 0 Å². The van der Waals surface area contributed by atoms with Crippen LogP contribution in [0.4, 0.5) is 0 Å². The fourth-order valence-electron chi connectivity index (χ4n) is 2.68. The Morgan fingerprint density at radius 1 is 0.743 bits per heavy atom. The Hall–Kier alpha value is -3.40. The molecule has 0 spiro atoms. The van der Waals surface area contributed by atoms with Gasteiger partial charge >= 0.3 is 11.9 Å². The Kier molecular flexibility index (Phi) is 14.7. The second-order valence-electron chi connectivity index (χ2n) is 7.52. The van der Waals surface area contributed by atoms with E-state index in [1.165, 1.54) is 11.8 Å². The molecule has 0 rings (SSSR count). The average Bonchev–Trinajstić information content (AvgIpc) is 2.75. The number of hydrogen-bond donors (Lipinski definition) is 8. The molecule has 0 bridgehead atoms. The van der Waals surface area contributed by atoms with Gasteiger partial charge in [-0.2, -0.15) is 11.8 Å². The lowest BCUT2D eigenvalue weighted by Crippen LogP contribution is -2.57. The number of nitrogens with one attached hydrogen (secondary N) is 3. The third-order valence-corrected chi connectivity index (χ3v) is 5.23. The molecule has 16 heteroatoms. The van der Waals surface area contributed by atoms with Crippen LogP contribution < -0.4 is 33.2 Å². The predicted octanol–water partition coefficient (Wildman–Crippen LogP) is -3.39. The summed E-state index contributed by atoms with van der Waals surface area (Å²) in [5.74, 6) is -6.88. The molecule has 0 fully saturated rings. The second-order valence-corrected chi connectivity index (χ2v) is 8.50. The Bertz CT molecular complexity index is 810. The monoisotopic (exact) mass is 520 g/mol. The Labute approximate surface area is 205 Å². The smallest absolute Gasteiger partial charge is 0.326 e. The summed E-state index contributed by atoms with van der Waals surface area (Å²) in [4.78, 5) is 82.4. The Morgan fingerprint density at radius 2 is 1.20 bits per heavy atom. The highest BCUT2D eigenvalue weighted by Gasteiger charge is 2.31. The number of carboxylic acid groups (broad SMARTS) is 2. The molecule has 0 aliphatic carbocycles. The van der Waals surface area contributed by atoms with Gasteiger partial charge in [0.2, 0.25) is 29.5 Å². The summed E-state index contributed by atoms with van der Waals surface area (Å²) in [6, 6.07) is -5.67. The summed E-state index contributed by atoms with van der Waals surface area (Å²) in [6.07, 6.45) is -0.195. The molecule has 0 aliphatic heterocycles. The van der Waals surface area contributed by atoms with Crippen LogP contribution in [-0.4, -0.2) is 87.9 Å². The fraction of sp³-hybridized carbons (Fsp3) is 0.632. The molecule has 4 unspecified atom stereocenters. The number of hydrogen-bond acceptors (Lipinski definition) is 9. The van der Waals surface area contributed by atoms with Gasteiger partial charge in [0, 0.05) is 12.8 Å². The average molecular weight is 521 g/mol. The van der Waals surface area contributed by atoms with Crippen LogP contribution in [0.15, 0.2) is 0 Å². The zero-order chi connectivity index (χ0) is 27.1. The molecular weight excluding hydrogens is 488 g/mol. The van der Waals surface area contributed by atoms with Gasteiger partial charge in [-0.05, 0) is 31.3 Å². The van der Waals surface area contributed by atoms with Crippen LogP contribution in [0.5, 0.6) is 0 Å². The first-order valence-corrected chi connectivity index (χ1v) is 11.8. The highest BCUT2D eigenvalue weighted by atomic mass is 32.2. The number of amides is 5. The van der Waals surface area contributed by atoms with Crippen LogP contribution in [0.2, 0.25) is 0 Å². The van der Waals surface area contributed by atoms with Crippen molar-refractivity contribution < 1.29 is 43.8 Å². The maximum Gasteiger partial charge on any atom is 0.326 e. The Morgan fingerprint density at radius 3 is 1.66 bits per heavy atom. The SMILES string of the molecule is CSCCC(N)C(=O)NC(CC(=O)O)C(=O)NC(CCC(N)=O)C(=O)NC(CCC(N)=O)C(=O)O. The maximum atomic E-state index is 12.7. The number of aliphatic carboxylic acids is 2. The number of carbonyl (C=O) groups excluding carboxylic acids is 5. The molecule has 0 saturated carbocycles. The number of carbonyl (C=O) groups is 7. The summed E-state index contributed by atoms with van der Waals surface area (Å²) in [7, 11) is 0. The van der Waals surface area contributed by atoms with E-state index >= 15 is 0 Å². The van der Waals surface area contributed by atoms with Crippen LogP contribution in [-0.2, 0) is 33.6 Å². The van der Waals surface area contributed by atoms with E-state index in [9.17, 15) is 38.7 Å². The van der Waals surface area contributed by atoms with Gasteiger partial charge < -0.3 is 43.4 Å². The zero-order valence-corrected chi connectivity index (χ0v) is 20.0. The molecule has 0 saturated heterocycles. The van der Waals surface area contributed by atoms with Crippen molar-refractivity contribution in [2.75, 3.05) is 12.0 Å². The van der Waals surface area contributed by atoms with Gasteiger partial charge in [-0.25, -0.2) is 4.79 Å². The number of carboxylic acids is 2. The molecule has 5 amide bonds. The van der Waals surface area contributed by atoms with Crippen molar-refractivity contribution in [1.29, 1.82) is 0 Å². The third-order valence-electron chi connectivity index (χ3n) is 4.59. The summed E-state index contributed by atoms with van der Waals surface area (Å²) in [5, 5.41) is 24.9. The third kappa shape index (κ3) is 13.8. The van der Waals surface area contributed by atoms with E-state index in [-0.39, 0.29) is 32.1 Å². The first-order chi connectivity index (χ1) is 16.3. The van der Waals surface area contributed by atoms with Gasteiger partial charge in [-0.3, -0.25) is 28.8 Å². The van der Waals surface area contributed by atoms with Crippen LogP contribution >= 0.6 is 11.8 Å². The molecule has 0 aromatic carbocycles. The minimum Gasteiger partial charge on any atom is -0.481 e. The topological polar surface area (TPSA) is 274 Å². The van der Waals surface area contributed by atoms with Gasteiger partial charge in [0.05, 0.1) is 12.5 Å². The summed E-state index contributed by atoms with van der Waals surface area (Å²) >= 11 is 1.43. The van der Waals surface area contributed by atoms with Crippen LogP contribution in [0.3, 0.4) is 0 Å². The minimum atomic E-state index is -1.62. The molecule has 4 atom stereocenters. The molecule has 35 heavy (non-hydrogen) atoms. The first kappa shape index (κ1) is 31.6. The largest absolute Gasteiger partial charge is 0.481 e. The molecule has 198 valence electrons. The summed E-state index contributed by atoms with van der Waals surface area (Å²) in [5.41, 5.74) is 15.8.